The highest BCUT2D eigenvalue weighted by Crippen LogP contribution is 2.31. The van der Waals surface area contributed by atoms with Crippen molar-refractivity contribution in [2.24, 2.45) is 0 Å². The summed E-state index contributed by atoms with van der Waals surface area (Å²) in [7, 11) is -2.20. The second-order valence-electron chi connectivity index (χ2n) is 6.30. The van der Waals surface area contributed by atoms with E-state index < -0.39 is 10.0 Å². The van der Waals surface area contributed by atoms with Gasteiger partial charge in [-0.3, -0.25) is 0 Å². The molecule has 2 N–H and O–H groups in total. The van der Waals surface area contributed by atoms with Crippen molar-refractivity contribution in [3.05, 3.63) is 54.5 Å². The molecule has 1 aromatic heterocycles. The van der Waals surface area contributed by atoms with Crippen LogP contribution in [0, 0.1) is 5.82 Å². The van der Waals surface area contributed by atoms with Crippen LogP contribution in [-0.4, -0.2) is 26.6 Å². The van der Waals surface area contributed by atoms with Gasteiger partial charge in [0.25, 0.3) is 6.01 Å². The fourth-order valence-corrected chi connectivity index (χ4v) is 3.80. The number of anilines is 2. The minimum Gasteiger partial charge on any atom is -0.495 e. The minimum absolute atomic E-state index is 0.0785. The van der Waals surface area contributed by atoms with E-state index >= 15 is 0 Å². The predicted molar refractivity (Wildman–Crippen MR) is 104 cm³/mol. The molecule has 28 heavy (non-hydrogen) atoms. The van der Waals surface area contributed by atoms with Gasteiger partial charge in [0.2, 0.25) is 10.0 Å². The summed E-state index contributed by atoms with van der Waals surface area (Å²) < 4.78 is 51.3. The summed E-state index contributed by atoms with van der Waals surface area (Å²) in [5.41, 5.74) is 1.04. The highest BCUT2D eigenvalue weighted by molar-refractivity contribution is 7.89. The lowest BCUT2D eigenvalue weighted by Crippen LogP contribution is -2.30. The molecule has 1 heterocycles. The number of aromatic nitrogens is 1. The molecule has 0 unspecified atom stereocenters. The smallest absolute Gasteiger partial charge is 0.299 e. The molecule has 2 aromatic carbocycles. The van der Waals surface area contributed by atoms with Gasteiger partial charge in [-0.2, -0.15) is 0 Å². The lowest BCUT2D eigenvalue weighted by atomic mass is 10.2. The van der Waals surface area contributed by atoms with Crippen LogP contribution in [0.25, 0.3) is 11.3 Å². The van der Waals surface area contributed by atoms with E-state index in [0.717, 1.165) is 0 Å². The Morgan fingerprint density at radius 1 is 1.14 bits per heavy atom. The van der Waals surface area contributed by atoms with E-state index in [1.54, 1.807) is 32.0 Å². The van der Waals surface area contributed by atoms with E-state index in [-0.39, 0.29) is 22.8 Å². The topological polar surface area (TPSA) is 93.5 Å². The number of hydrogen-bond acceptors (Lipinski definition) is 6. The highest BCUT2D eigenvalue weighted by atomic mass is 32.2. The second kappa shape index (κ2) is 7.99. The molecule has 0 bridgehead atoms. The predicted octanol–water partition coefficient (Wildman–Crippen LogP) is 3.92. The van der Waals surface area contributed by atoms with Crippen LogP contribution in [-0.2, 0) is 10.0 Å². The van der Waals surface area contributed by atoms with Gasteiger partial charge in [0.15, 0.2) is 5.76 Å². The molecule has 0 saturated heterocycles. The van der Waals surface area contributed by atoms with Gasteiger partial charge in [0.05, 0.1) is 23.9 Å². The van der Waals surface area contributed by atoms with Crippen molar-refractivity contribution in [2.75, 3.05) is 12.4 Å². The van der Waals surface area contributed by atoms with Crippen molar-refractivity contribution in [3.8, 4) is 17.1 Å². The summed E-state index contributed by atoms with van der Waals surface area (Å²) >= 11 is 0. The lowest BCUT2D eigenvalue weighted by Gasteiger charge is -2.13. The number of benzene rings is 2. The van der Waals surface area contributed by atoms with Gasteiger partial charge in [0, 0.05) is 11.6 Å². The molecule has 9 heteroatoms. The summed E-state index contributed by atoms with van der Waals surface area (Å²) in [5.74, 6) is 0.510. The van der Waals surface area contributed by atoms with Gasteiger partial charge in [-0.25, -0.2) is 22.5 Å². The Labute approximate surface area is 162 Å². The number of ether oxygens (including phenoxy) is 1. The molecular weight excluding hydrogens is 385 g/mol. The minimum atomic E-state index is -3.67. The molecule has 148 valence electrons. The van der Waals surface area contributed by atoms with Crippen molar-refractivity contribution in [1.82, 2.24) is 9.71 Å². The molecule has 0 amide bonds. The van der Waals surface area contributed by atoms with Gasteiger partial charge in [-0.15, -0.1) is 0 Å². The molecule has 7 nitrogen and oxygen atoms in total. The fourth-order valence-electron chi connectivity index (χ4n) is 2.52. The second-order valence-corrected chi connectivity index (χ2v) is 8.01. The summed E-state index contributed by atoms with van der Waals surface area (Å²) in [6, 6.07) is 10.1. The Morgan fingerprint density at radius 2 is 1.86 bits per heavy atom. The summed E-state index contributed by atoms with van der Waals surface area (Å²) in [6.07, 6.45) is 1.49. The number of oxazole rings is 1. The maximum atomic E-state index is 13.1. The van der Waals surface area contributed by atoms with Crippen LogP contribution in [0.3, 0.4) is 0 Å². The molecule has 0 aliphatic rings. The van der Waals surface area contributed by atoms with Crippen molar-refractivity contribution in [2.45, 2.75) is 24.8 Å². The quantitative estimate of drug-likeness (QED) is 0.619. The number of methoxy groups -OCH3 is 1. The van der Waals surface area contributed by atoms with E-state index in [4.69, 9.17) is 9.15 Å². The number of rotatable bonds is 7. The standard InChI is InChI=1S/C19H20FN3O4S/c1-12(2)23-28(24,25)15-8-9-17(26-3)16(10-15)22-19-21-11-18(27-19)13-4-6-14(20)7-5-13/h4-12,23H,1-3H3,(H,21,22). The number of hydrogen-bond donors (Lipinski definition) is 2. The van der Waals surface area contributed by atoms with Crippen molar-refractivity contribution in [1.29, 1.82) is 0 Å². The molecule has 0 spiro atoms. The first kappa shape index (κ1) is 19.8. The Bertz CT molecular complexity index is 1060. The van der Waals surface area contributed by atoms with E-state index in [1.165, 1.54) is 37.6 Å². The molecule has 3 aromatic rings. The van der Waals surface area contributed by atoms with Gasteiger partial charge >= 0.3 is 0 Å². The van der Waals surface area contributed by atoms with E-state index in [1.807, 2.05) is 0 Å². The maximum absolute atomic E-state index is 13.1. The number of nitrogens with one attached hydrogen (secondary N) is 2. The third-order valence-electron chi connectivity index (χ3n) is 3.75. The lowest BCUT2D eigenvalue weighted by molar-refractivity contribution is 0.416. The van der Waals surface area contributed by atoms with Crippen molar-refractivity contribution >= 4 is 21.7 Å². The van der Waals surface area contributed by atoms with Crippen LogP contribution in [0.4, 0.5) is 16.1 Å². The Morgan fingerprint density at radius 3 is 2.50 bits per heavy atom. The molecular formula is C19H20FN3O4S. The average molecular weight is 405 g/mol. The van der Waals surface area contributed by atoms with Gasteiger partial charge < -0.3 is 14.5 Å². The zero-order chi connectivity index (χ0) is 20.3. The van der Waals surface area contributed by atoms with Crippen LogP contribution in [0.2, 0.25) is 0 Å². The van der Waals surface area contributed by atoms with Crippen LogP contribution in [0.1, 0.15) is 13.8 Å². The zero-order valence-corrected chi connectivity index (χ0v) is 16.4. The third kappa shape index (κ3) is 4.49. The Balaban J connectivity index is 1.89. The van der Waals surface area contributed by atoms with Crippen LogP contribution in [0.15, 0.2) is 58.0 Å². The Kier molecular flexibility index (Phi) is 5.66. The largest absolute Gasteiger partial charge is 0.495 e. The monoisotopic (exact) mass is 405 g/mol. The first-order valence-corrected chi connectivity index (χ1v) is 9.96. The molecule has 0 saturated carbocycles. The fraction of sp³-hybridized carbons (Fsp3) is 0.211. The summed E-state index contributed by atoms with van der Waals surface area (Å²) in [6.45, 7) is 3.48. The Hall–Kier alpha value is -2.91. The average Bonchev–Trinajstić information content (AvgIpc) is 3.09. The molecule has 3 rings (SSSR count). The van der Waals surface area contributed by atoms with E-state index in [9.17, 15) is 12.8 Å². The molecule has 0 aliphatic heterocycles. The third-order valence-corrected chi connectivity index (χ3v) is 5.40. The molecule has 0 radical (unpaired) electrons. The van der Waals surface area contributed by atoms with Gasteiger partial charge in [-0.05, 0) is 56.3 Å². The normalized spacial score (nSPS) is 11.6. The summed E-state index contributed by atoms with van der Waals surface area (Å²) in [5, 5.41) is 2.92. The van der Waals surface area contributed by atoms with Crippen LogP contribution < -0.4 is 14.8 Å². The van der Waals surface area contributed by atoms with Crippen molar-refractivity contribution < 1.29 is 22.0 Å². The van der Waals surface area contributed by atoms with Crippen LogP contribution in [0.5, 0.6) is 5.75 Å². The van der Waals surface area contributed by atoms with Gasteiger partial charge in [-0.1, -0.05) is 0 Å². The zero-order valence-electron chi connectivity index (χ0n) is 15.6. The summed E-state index contributed by atoms with van der Waals surface area (Å²) in [4.78, 5) is 4.21. The van der Waals surface area contributed by atoms with E-state index in [0.29, 0.717) is 22.8 Å². The number of sulfonamides is 1. The SMILES string of the molecule is COc1ccc(S(=O)(=O)NC(C)C)cc1Nc1ncc(-c2ccc(F)cc2)o1. The molecule has 0 aliphatic carbocycles. The maximum Gasteiger partial charge on any atom is 0.299 e. The number of halogens is 1. The first-order valence-electron chi connectivity index (χ1n) is 8.47. The molecule has 0 atom stereocenters. The molecule has 0 fully saturated rings. The first-order chi connectivity index (χ1) is 13.3. The van der Waals surface area contributed by atoms with Crippen molar-refractivity contribution in [3.63, 3.8) is 0 Å². The van der Waals surface area contributed by atoms with E-state index in [2.05, 4.69) is 15.0 Å². The van der Waals surface area contributed by atoms with Gasteiger partial charge in [0.1, 0.15) is 11.6 Å². The van der Waals surface area contributed by atoms with Crippen LogP contribution >= 0.6 is 0 Å². The highest BCUT2D eigenvalue weighted by Gasteiger charge is 2.18. The number of nitrogens with zero attached hydrogens (tertiary/aromatic N) is 1.